The minimum Gasteiger partial charge on any atom is -0.490 e. The fraction of sp³-hybridized carbons (Fsp3) is 0.778. The molecule has 1 nitrogen and oxygen atoms in total. The average Bonchev–Trinajstić information content (AvgIpc) is 2.84. The molecule has 0 heterocycles. The Morgan fingerprint density at radius 1 is 0.882 bits per heavy atom. The molecule has 1 aromatic rings. The molecule has 0 saturated heterocycles. The summed E-state index contributed by atoms with van der Waals surface area (Å²) in [5.74, 6) is -0.275. The van der Waals surface area contributed by atoms with Gasteiger partial charge in [0.15, 0.2) is 23.7 Å². The van der Waals surface area contributed by atoms with Crippen LogP contribution in [0.15, 0.2) is 29.2 Å². The number of benzene rings is 1. The molecule has 0 spiro atoms. The lowest BCUT2D eigenvalue weighted by atomic mass is 9.64. The van der Waals surface area contributed by atoms with Crippen molar-refractivity contribution in [2.24, 2.45) is 11.8 Å². The summed E-state index contributed by atoms with van der Waals surface area (Å²) in [6.45, 7) is 1.31. The quantitative estimate of drug-likeness (QED) is 0.179. The normalized spacial score (nSPS) is 36.4. The molecule has 5 atom stereocenters. The van der Waals surface area contributed by atoms with E-state index in [1.807, 2.05) is 0 Å². The Morgan fingerprint density at radius 2 is 1.50 bits per heavy atom. The van der Waals surface area contributed by atoms with Crippen molar-refractivity contribution in [2.45, 2.75) is 119 Å². The van der Waals surface area contributed by atoms with Crippen molar-refractivity contribution in [3.63, 3.8) is 0 Å². The molecule has 1 aromatic carbocycles. The molecule has 0 aliphatic heterocycles. The van der Waals surface area contributed by atoms with Gasteiger partial charge in [0.25, 0.3) is 0 Å². The molecule has 2 fully saturated rings. The van der Waals surface area contributed by atoms with Crippen molar-refractivity contribution < 1.29 is 26.7 Å². The number of thiol groups is 1. The van der Waals surface area contributed by atoms with Gasteiger partial charge in [0.1, 0.15) is 18.5 Å². The maximum absolute atomic E-state index is 15.8. The van der Waals surface area contributed by atoms with Crippen molar-refractivity contribution >= 4 is 12.6 Å². The fourth-order valence-electron chi connectivity index (χ4n) is 5.70. The van der Waals surface area contributed by atoms with Gasteiger partial charge < -0.3 is 4.74 Å². The van der Waals surface area contributed by atoms with Crippen LogP contribution in [0.25, 0.3) is 0 Å². The summed E-state index contributed by atoms with van der Waals surface area (Å²) in [4.78, 5) is 0.653. The van der Waals surface area contributed by atoms with Gasteiger partial charge in [-0.3, -0.25) is 0 Å². The largest absolute Gasteiger partial charge is 0.490 e. The first-order valence-corrected chi connectivity index (χ1v) is 13.4. The Hall–Kier alpha value is -0.980. The van der Waals surface area contributed by atoms with E-state index < -0.39 is 48.8 Å². The molecule has 34 heavy (non-hydrogen) atoms. The van der Waals surface area contributed by atoms with Gasteiger partial charge in [0, 0.05) is 11.3 Å². The van der Waals surface area contributed by atoms with Crippen LogP contribution in [0.4, 0.5) is 22.0 Å². The van der Waals surface area contributed by atoms with Crippen LogP contribution in [-0.2, 0) is 0 Å². The van der Waals surface area contributed by atoms with Gasteiger partial charge in [0.05, 0.1) is 0 Å². The highest BCUT2D eigenvalue weighted by atomic mass is 32.1. The van der Waals surface area contributed by atoms with Gasteiger partial charge in [0.2, 0.25) is 0 Å². The summed E-state index contributed by atoms with van der Waals surface area (Å²) < 4.78 is 81.4. The zero-order valence-electron chi connectivity index (χ0n) is 20.1. The number of hydrogen-bond donors (Lipinski definition) is 1. The summed E-state index contributed by atoms with van der Waals surface area (Å²) in [6, 6.07) is 6.21. The highest BCUT2D eigenvalue weighted by Crippen LogP contribution is 2.52. The Morgan fingerprint density at radius 3 is 2.15 bits per heavy atom. The van der Waals surface area contributed by atoms with Crippen molar-refractivity contribution in [2.75, 3.05) is 6.61 Å². The first-order valence-electron chi connectivity index (χ1n) is 12.9. The average molecular weight is 507 g/mol. The van der Waals surface area contributed by atoms with Crippen LogP contribution < -0.4 is 4.74 Å². The highest BCUT2D eigenvalue weighted by molar-refractivity contribution is 7.80. The second-order valence-corrected chi connectivity index (χ2v) is 10.9. The minimum atomic E-state index is -2.99. The summed E-state index contributed by atoms with van der Waals surface area (Å²) in [7, 11) is 0. The van der Waals surface area contributed by atoms with Gasteiger partial charge in [-0.15, -0.1) is 12.6 Å². The first-order chi connectivity index (χ1) is 16.2. The van der Waals surface area contributed by atoms with E-state index >= 15 is 17.6 Å². The molecule has 2 aliphatic carbocycles. The Bertz CT molecular complexity index is 741. The van der Waals surface area contributed by atoms with Gasteiger partial charge >= 0.3 is 0 Å². The SMILES string of the molecule is CCCCCCCCC1CCC(C2(F)C(F)CC(F)(COc3ccc(S)cc3)C(F)C2F)CC1. The molecule has 0 amide bonds. The molecule has 2 aliphatic rings. The van der Waals surface area contributed by atoms with Crippen molar-refractivity contribution in [3.8, 4) is 5.75 Å². The highest BCUT2D eigenvalue weighted by Gasteiger charge is 2.67. The number of unbranched alkanes of at least 4 members (excludes halogenated alkanes) is 5. The summed E-state index contributed by atoms with van der Waals surface area (Å²) >= 11 is 4.13. The van der Waals surface area contributed by atoms with Gasteiger partial charge in [-0.1, -0.05) is 64.7 Å². The van der Waals surface area contributed by atoms with Crippen LogP contribution in [0.2, 0.25) is 0 Å². The Kier molecular flexibility index (Phi) is 10.00. The lowest BCUT2D eigenvalue weighted by Gasteiger charge is -2.49. The van der Waals surface area contributed by atoms with Crippen LogP contribution in [-0.4, -0.2) is 36.5 Å². The van der Waals surface area contributed by atoms with Crippen molar-refractivity contribution in [1.29, 1.82) is 0 Å². The van der Waals surface area contributed by atoms with Crippen molar-refractivity contribution in [3.05, 3.63) is 24.3 Å². The maximum atomic E-state index is 15.8. The predicted molar refractivity (Wildman–Crippen MR) is 130 cm³/mol. The maximum Gasteiger partial charge on any atom is 0.181 e. The van der Waals surface area contributed by atoms with E-state index in [0.717, 1.165) is 12.8 Å². The molecule has 2 saturated carbocycles. The van der Waals surface area contributed by atoms with Crippen LogP contribution in [0, 0.1) is 11.8 Å². The van der Waals surface area contributed by atoms with Crippen LogP contribution >= 0.6 is 12.6 Å². The molecule has 7 heteroatoms. The lowest BCUT2D eigenvalue weighted by Crippen LogP contribution is -2.66. The fourth-order valence-corrected chi connectivity index (χ4v) is 5.85. The molecule has 5 unspecified atom stereocenters. The van der Waals surface area contributed by atoms with Crippen LogP contribution in [0.1, 0.15) is 84.0 Å². The standard InChI is InChI=1S/C27H39F5OS/c1-2-3-4-5-6-7-8-19-9-11-20(12-10-19)27(32)23(28)17-26(31,24(29)25(27)30)18-33-21-13-15-22(34)16-14-21/h13-16,19-20,23-25,34H,2-12,17-18H2,1H3. The number of halogens is 5. The number of alkyl halides is 5. The van der Waals surface area contributed by atoms with E-state index in [9.17, 15) is 4.39 Å². The molecule has 0 aromatic heterocycles. The first kappa shape index (κ1) is 27.6. The van der Waals surface area contributed by atoms with Gasteiger partial charge in [-0.2, -0.15) is 0 Å². The van der Waals surface area contributed by atoms with E-state index in [1.165, 1.54) is 44.2 Å². The van der Waals surface area contributed by atoms with Gasteiger partial charge in [-0.25, -0.2) is 22.0 Å². The predicted octanol–water partition coefficient (Wildman–Crippen LogP) is 8.75. The topological polar surface area (TPSA) is 9.23 Å². The number of rotatable bonds is 11. The zero-order valence-corrected chi connectivity index (χ0v) is 21.0. The summed E-state index contributed by atoms with van der Waals surface area (Å²) in [5, 5.41) is 0. The smallest absolute Gasteiger partial charge is 0.181 e. The second-order valence-electron chi connectivity index (χ2n) is 10.4. The second kappa shape index (κ2) is 12.3. The monoisotopic (exact) mass is 506 g/mol. The van der Waals surface area contributed by atoms with E-state index in [1.54, 1.807) is 12.1 Å². The zero-order chi connectivity index (χ0) is 24.8. The summed E-state index contributed by atoms with van der Waals surface area (Å²) in [6.07, 6.45) is 1.17. The molecule has 0 radical (unpaired) electrons. The number of ether oxygens (including phenoxy) is 1. The molecular formula is C27H39F5OS. The van der Waals surface area contributed by atoms with Crippen LogP contribution in [0.5, 0.6) is 5.75 Å². The lowest BCUT2D eigenvalue weighted by molar-refractivity contribution is -0.186. The molecule has 0 N–H and O–H groups in total. The molecule has 3 rings (SSSR count). The molecular weight excluding hydrogens is 467 g/mol. The Balaban J connectivity index is 1.52. The van der Waals surface area contributed by atoms with Gasteiger partial charge in [-0.05, 0) is 48.9 Å². The van der Waals surface area contributed by atoms with E-state index in [0.29, 0.717) is 36.5 Å². The molecule has 0 bridgehead atoms. The van der Waals surface area contributed by atoms with E-state index in [-0.39, 0.29) is 5.75 Å². The third kappa shape index (κ3) is 6.41. The van der Waals surface area contributed by atoms with E-state index in [2.05, 4.69) is 19.6 Å². The third-order valence-electron chi connectivity index (χ3n) is 7.93. The summed E-state index contributed by atoms with van der Waals surface area (Å²) in [5.41, 5.74) is -5.92. The Labute approximate surface area is 206 Å². The number of hydrogen-bond acceptors (Lipinski definition) is 2. The minimum absolute atomic E-state index is 0.230. The van der Waals surface area contributed by atoms with E-state index in [4.69, 9.17) is 4.74 Å². The van der Waals surface area contributed by atoms with Crippen molar-refractivity contribution in [1.82, 2.24) is 0 Å². The molecule has 194 valence electrons. The van der Waals surface area contributed by atoms with Crippen LogP contribution in [0.3, 0.4) is 0 Å². The third-order valence-corrected chi connectivity index (χ3v) is 8.22.